The molecule has 9 heteroatoms. The second-order valence-electron chi connectivity index (χ2n) is 8.34. The molecule has 0 spiro atoms. The highest BCUT2D eigenvalue weighted by Crippen LogP contribution is 2.30. The Hall–Kier alpha value is -3.49. The Morgan fingerprint density at radius 1 is 0.941 bits per heavy atom. The van der Waals surface area contributed by atoms with Crippen LogP contribution in [0.1, 0.15) is 22.3 Å². The summed E-state index contributed by atoms with van der Waals surface area (Å²) in [5.74, 6) is 0.504. The SMILES string of the molecule is Cc1ccc(CNc2nc3c(S(=O)(=O)c4ccc(C)c(C)c4)nnn3c3ccc(Cl)cc23)cc1. The zero-order chi connectivity index (χ0) is 24.0. The van der Waals surface area contributed by atoms with Crippen LogP contribution in [0.4, 0.5) is 5.82 Å². The monoisotopic (exact) mass is 491 g/mol. The molecule has 5 rings (SSSR count). The van der Waals surface area contributed by atoms with Crippen molar-refractivity contribution in [2.45, 2.75) is 37.2 Å². The first-order chi connectivity index (χ1) is 16.2. The second kappa shape index (κ2) is 8.38. The Labute approximate surface area is 202 Å². The third kappa shape index (κ3) is 3.89. The van der Waals surface area contributed by atoms with Gasteiger partial charge in [0.05, 0.1) is 10.4 Å². The van der Waals surface area contributed by atoms with Gasteiger partial charge >= 0.3 is 0 Å². The summed E-state index contributed by atoms with van der Waals surface area (Å²) < 4.78 is 28.4. The highest BCUT2D eigenvalue weighted by atomic mass is 35.5. The number of benzene rings is 3. The largest absolute Gasteiger partial charge is 0.365 e. The van der Waals surface area contributed by atoms with E-state index in [2.05, 4.69) is 20.6 Å². The molecule has 0 saturated carbocycles. The van der Waals surface area contributed by atoms with Gasteiger partial charge in [0.2, 0.25) is 14.9 Å². The molecule has 3 aromatic carbocycles. The van der Waals surface area contributed by atoms with Gasteiger partial charge in [0.25, 0.3) is 0 Å². The number of aryl methyl sites for hydroxylation is 3. The van der Waals surface area contributed by atoms with E-state index >= 15 is 0 Å². The van der Waals surface area contributed by atoms with Gasteiger partial charge in [-0.15, -0.1) is 5.10 Å². The average molecular weight is 492 g/mol. The summed E-state index contributed by atoms with van der Waals surface area (Å²) in [5, 5.41) is 12.6. The van der Waals surface area contributed by atoms with Crippen molar-refractivity contribution < 1.29 is 8.42 Å². The molecule has 2 aromatic heterocycles. The third-order valence-corrected chi connectivity index (χ3v) is 7.78. The van der Waals surface area contributed by atoms with Crippen LogP contribution in [-0.2, 0) is 16.4 Å². The van der Waals surface area contributed by atoms with E-state index in [4.69, 9.17) is 11.6 Å². The highest BCUT2D eigenvalue weighted by molar-refractivity contribution is 7.91. The van der Waals surface area contributed by atoms with Crippen LogP contribution >= 0.6 is 11.6 Å². The quantitative estimate of drug-likeness (QED) is 0.359. The van der Waals surface area contributed by atoms with Crippen LogP contribution in [0.2, 0.25) is 5.02 Å². The van der Waals surface area contributed by atoms with Crippen molar-refractivity contribution in [2.75, 3.05) is 5.32 Å². The van der Waals surface area contributed by atoms with E-state index in [0.29, 0.717) is 28.3 Å². The fourth-order valence-corrected chi connectivity index (χ4v) is 5.25. The lowest BCUT2D eigenvalue weighted by Gasteiger charge is -2.11. The van der Waals surface area contributed by atoms with Gasteiger partial charge in [-0.1, -0.05) is 52.7 Å². The molecule has 0 bridgehead atoms. The molecule has 0 saturated heterocycles. The summed E-state index contributed by atoms with van der Waals surface area (Å²) in [6.45, 7) is 6.35. The minimum absolute atomic E-state index is 0.152. The van der Waals surface area contributed by atoms with Gasteiger partial charge in [-0.3, -0.25) is 0 Å². The molecule has 0 fully saturated rings. The summed E-state index contributed by atoms with van der Waals surface area (Å²) in [6, 6.07) is 18.4. The number of halogens is 1. The molecule has 0 amide bonds. The minimum atomic E-state index is -3.94. The van der Waals surface area contributed by atoms with Crippen LogP contribution in [0.5, 0.6) is 0 Å². The first-order valence-electron chi connectivity index (χ1n) is 10.7. The molecule has 0 aliphatic carbocycles. The van der Waals surface area contributed by atoms with Gasteiger partial charge in [0.1, 0.15) is 5.82 Å². The van der Waals surface area contributed by atoms with Gasteiger partial charge in [0.15, 0.2) is 5.65 Å². The van der Waals surface area contributed by atoms with Crippen LogP contribution < -0.4 is 5.32 Å². The molecule has 0 atom stereocenters. The molecule has 0 unspecified atom stereocenters. The number of nitrogens with zero attached hydrogens (tertiary/aromatic N) is 4. The van der Waals surface area contributed by atoms with Crippen LogP contribution in [0.3, 0.4) is 0 Å². The molecule has 5 aromatic rings. The lowest BCUT2D eigenvalue weighted by Crippen LogP contribution is -2.07. The first-order valence-corrected chi connectivity index (χ1v) is 12.6. The van der Waals surface area contributed by atoms with Crippen molar-refractivity contribution in [3.8, 4) is 0 Å². The topological polar surface area (TPSA) is 89.2 Å². The smallest absolute Gasteiger partial charge is 0.229 e. The molecular weight excluding hydrogens is 470 g/mol. The predicted octanol–water partition coefficient (Wildman–Crippen LogP) is 5.30. The summed E-state index contributed by atoms with van der Waals surface area (Å²) in [6.07, 6.45) is 0. The molecular formula is C25H22ClN5O2S. The number of hydrogen-bond donors (Lipinski definition) is 1. The Morgan fingerprint density at radius 3 is 2.44 bits per heavy atom. The number of aromatic nitrogens is 4. The van der Waals surface area contributed by atoms with Gasteiger partial charge in [-0.2, -0.15) is 4.52 Å². The van der Waals surface area contributed by atoms with Crippen molar-refractivity contribution in [3.63, 3.8) is 0 Å². The van der Waals surface area contributed by atoms with Gasteiger partial charge in [0, 0.05) is 17.0 Å². The maximum Gasteiger partial charge on any atom is 0.229 e. The van der Waals surface area contributed by atoms with E-state index in [1.54, 1.807) is 36.4 Å². The molecule has 7 nitrogen and oxygen atoms in total. The Kier molecular flexibility index (Phi) is 5.50. The molecule has 0 radical (unpaired) electrons. The summed E-state index contributed by atoms with van der Waals surface area (Å²) in [7, 11) is -3.94. The van der Waals surface area contributed by atoms with E-state index in [1.165, 1.54) is 10.1 Å². The van der Waals surface area contributed by atoms with E-state index < -0.39 is 9.84 Å². The lowest BCUT2D eigenvalue weighted by atomic mass is 10.1. The maximum atomic E-state index is 13.5. The van der Waals surface area contributed by atoms with E-state index in [1.807, 2.05) is 45.0 Å². The molecule has 2 heterocycles. The van der Waals surface area contributed by atoms with E-state index in [-0.39, 0.29) is 15.6 Å². The predicted molar refractivity (Wildman–Crippen MR) is 133 cm³/mol. The molecule has 0 aliphatic rings. The number of hydrogen-bond acceptors (Lipinski definition) is 6. The summed E-state index contributed by atoms with van der Waals surface area (Å²) >= 11 is 6.27. The molecule has 1 N–H and O–H groups in total. The maximum absolute atomic E-state index is 13.5. The standard InChI is InChI=1S/C25H22ClN5O2S/c1-15-4-7-18(8-5-15)14-27-23-21-13-19(26)9-11-22(21)31-24(28-23)25(29-30-31)34(32,33)20-10-6-16(2)17(3)12-20/h4-13H,14H2,1-3H3,(H,27,28). The van der Waals surface area contributed by atoms with Gasteiger partial charge in [-0.05, 0) is 67.8 Å². The normalized spacial score (nSPS) is 11.9. The average Bonchev–Trinajstić information content (AvgIpc) is 3.25. The van der Waals surface area contributed by atoms with Crippen molar-refractivity contribution in [1.29, 1.82) is 0 Å². The third-order valence-electron chi connectivity index (χ3n) is 5.90. The number of sulfone groups is 1. The highest BCUT2D eigenvalue weighted by Gasteiger charge is 2.27. The van der Waals surface area contributed by atoms with Crippen molar-refractivity contribution in [3.05, 3.63) is 87.9 Å². The summed E-state index contributed by atoms with van der Waals surface area (Å²) in [4.78, 5) is 4.82. The Bertz CT molecular complexity index is 1660. The van der Waals surface area contributed by atoms with Gasteiger partial charge < -0.3 is 5.32 Å². The number of fused-ring (bicyclic) bond motifs is 3. The van der Waals surface area contributed by atoms with Crippen LogP contribution in [0, 0.1) is 20.8 Å². The minimum Gasteiger partial charge on any atom is -0.365 e. The Balaban J connectivity index is 1.67. The number of nitrogens with one attached hydrogen (secondary N) is 1. The Morgan fingerprint density at radius 2 is 1.71 bits per heavy atom. The zero-order valence-corrected chi connectivity index (χ0v) is 20.4. The van der Waals surface area contributed by atoms with E-state index in [9.17, 15) is 8.42 Å². The molecule has 34 heavy (non-hydrogen) atoms. The van der Waals surface area contributed by atoms with Crippen molar-refractivity contribution >= 4 is 43.8 Å². The lowest BCUT2D eigenvalue weighted by molar-refractivity contribution is 0.592. The second-order valence-corrected chi connectivity index (χ2v) is 10.6. The first kappa shape index (κ1) is 22.3. The zero-order valence-electron chi connectivity index (χ0n) is 18.9. The van der Waals surface area contributed by atoms with E-state index in [0.717, 1.165) is 16.7 Å². The molecule has 172 valence electrons. The van der Waals surface area contributed by atoms with Crippen molar-refractivity contribution in [2.24, 2.45) is 0 Å². The van der Waals surface area contributed by atoms with Crippen LogP contribution in [0.25, 0.3) is 16.6 Å². The fourth-order valence-electron chi connectivity index (χ4n) is 3.76. The van der Waals surface area contributed by atoms with Crippen molar-refractivity contribution in [1.82, 2.24) is 19.8 Å². The van der Waals surface area contributed by atoms with Crippen LogP contribution in [0.15, 0.2) is 70.6 Å². The number of rotatable bonds is 5. The van der Waals surface area contributed by atoms with Crippen LogP contribution in [-0.4, -0.2) is 28.2 Å². The fraction of sp³-hybridized carbons (Fsp3) is 0.160. The molecule has 0 aliphatic heterocycles. The number of anilines is 1. The summed E-state index contributed by atoms with van der Waals surface area (Å²) in [5.41, 5.74) is 4.93. The van der Waals surface area contributed by atoms with Gasteiger partial charge in [-0.25, -0.2) is 13.4 Å².